The topological polar surface area (TPSA) is 107 Å². The van der Waals surface area contributed by atoms with Gasteiger partial charge in [0.2, 0.25) is 0 Å². The molecule has 7 heteroatoms. The van der Waals surface area contributed by atoms with Gasteiger partial charge in [0.05, 0.1) is 5.60 Å². The Morgan fingerprint density at radius 2 is 2.00 bits per heavy atom. The molecule has 0 aromatic carbocycles. The summed E-state index contributed by atoms with van der Waals surface area (Å²) in [6.07, 6.45) is 3.78. The maximum Gasteiger partial charge on any atom is 0.193 e. The van der Waals surface area contributed by atoms with E-state index in [4.69, 9.17) is 26.4 Å². The van der Waals surface area contributed by atoms with Gasteiger partial charge < -0.3 is 20.9 Å². The van der Waals surface area contributed by atoms with Gasteiger partial charge in [0.15, 0.2) is 11.1 Å². The molecule has 0 aliphatic carbocycles. The molecule has 2 fully saturated rings. The van der Waals surface area contributed by atoms with Gasteiger partial charge in [-0.25, -0.2) is 0 Å². The Labute approximate surface area is 111 Å². The second-order valence-electron chi connectivity index (χ2n) is 4.72. The van der Waals surface area contributed by atoms with Crippen LogP contribution in [0.25, 0.3) is 0 Å². The van der Waals surface area contributed by atoms with E-state index in [9.17, 15) is 0 Å². The van der Waals surface area contributed by atoms with Crippen molar-refractivity contribution in [3.8, 4) is 0 Å². The fourth-order valence-corrected chi connectivity index (χ4v) is 3.55. The second-order valence-corrected chi connectivity index (χ2v) is 6.01. The molecule has 2 rings (SSSR count). The fourth-order valence-electron chi connectivity index (χ4n) is 2.48. The highest BCUT2D eigenvalue weighted by molar-refractivity contribution is 8.14. The summed E-state index contributed by atoms with van der Waals surface area (Å²) in [5.41, 5.74) is 10.5. The van der Waals surface area contributed by atoms with E-state index in [0.717, 1.165) is 45.5 Å². The summed E-state index contributed by atoms with van der Waals surface area (Å²) in [7, 11) is 0. The number of ether oxygens (including phenoxy) is 2. The molecule has 0 aromatic rings. The van der Waals surface area contributed by atoms with Crippen LogP contribution in [-0.2, 0) is 9.47 Å². The molecule has 0 bridgehead atoms. The first-order chi connectivity index (χ1) is 8.60. The summed E-state index contributed by atoms with van der Waals surface area (Å²) in [6.45, 7) is 2.28. The van der Waals surface area contributed by atoms with Gasteiger partial charge in [-0.3, -0.25) is 5.41 Å². The molecule has 2 saturated heterocycles. The summed E-state index contributed by atoms with van der Waals surface area (Å²) >= 11 is 1.43. The van der Waals surface area contributed by atoms with E-state index in [2.05, 4.69) is 4.99 Å². The zero-order valence-corrected chi connectivity index (χ0v) is 11.2. The van der Waals surface area contributed by atoms with Crippen LogP contribution < -0.4 is 11.5 Å². The lowest BCUT2D eigenvalue weighted by molar-refractivity contribution is -0.131. The van der Waals surface area contributed by atoms with Crippen molar-refractivity contribution in [2.24, 2.45) is 16.5 Å². The molecule has 0 aromatic heterocycles. The molecule has 1 spiro atoms. The van der Waals surface area contributed by atoms with Gasteiger partial charge in [-0.05, 0) is 25.7 Å². The number of nitrogens with two attached hydrogens (primary N) is 2. The molecule has 2 aliphatic rings. The average molecular weight is 272 g/mol. The largest absolute Gasteiger partial charge is 0.381 e. The minimum absolute atomic E-state index is 0.0492. The lowest BCUT2D eigenvalue weighted by Gasteiger charge is -2.42. The summed E-state index contributed by atoms with van der Waals surface area (Å²) in [5, 5.41) is 8.25. The van der Waals surface area contributed by atoms with E-state index in [1.165, 1.54) is 11.8 Å². The third-order valence-electron chi connectivity index (χ3n) is 3.36. The summed E-state index contributed by atoms with van der Waals surface area (Å²) in [4.78, 5) is 3.76. The quantitative estimate of drug-likeness (QED) is 0.480. The van der Waals surface area contributed by atoms with Gasteiger partial charge in [-0.15, -0.1) is 0 Å². The van der Waals surface area contributed by atoms with Crippen molar-refractivity contribution in [2.75, 3.05) is 19.8 Å². The number of rotatable bonds is 1. The van der Waals surface area contributed by atoms with E-state index >= 15 is 0 Å². The highest BCUT2D eigenvalue weighted by atomic mass is 32.2. The van der Waals surface area contributed by atoms with Crippen LogP contribution in [0, 0.1) is 5.41 Å². The van der Waals surface area contributed by atoms with Gasteiger partial charge in [0.25, 0.3) is 0 Å². The molecule has 1 atom stereocenters. The van der Waals surface area contributed by atoms with Crippen molar-refractivity contribution < 1.29 is 9.47 Å². The van der Waals surface area contributed by atoms with Crippen molar-refractivity contribution in [1.29, 1.82) is 5.41 Å². The maximum atomic E-state index is 7.71. The second kappa shape index (κ2) is 5.90. The third-order valence-corrected chi connectivity index (χ3v) is 4.41. The number of nitrogens with zero attached hydrogens (tertiary/aromatic N) is 1. The first-order valence-corrected chi connectivity index (χ1v) is 7.04. The lowest BCUT2D eigenvalue weighted by Crippen LogP contribution is -2.45. The molecule has 2 aliphatic heterocycles. The Morgan fingerprint density at radius 3 is 2.67 bits per heavy atom. The Morgan fingerprint density at radius 1 is 1.28 bits per heavy atom. The van der Waals surface area contributed by atoms with Crippen LogP contribution in [0.15, 0.2) is 4.99 Å². The Bertz CT molecular complexity index is 332. The SMILES string of the molecule is N=C(N=C(N)N)SC1CCOC2(CCOCC2)C1. The summed E-state index contributed by atoms with van der Waals surface area (Å²) in [6, 6.07) is 0. The van der Waals surface area contributed by atoms with Crippen LogP contribution in [0.1, 0.15) is 25.7 Å². The zero-order chi connectivity index (χ0) is 13.0. The van der Waals surface area contributed by atoms with Crippen LogP contribution in [0.2, 0.25) is 0 Å². The van der Waals surface area contributed by atoms with E-state index < -0.39 is 0 Å². The Kier molecular flexibility index (Phi) is 4.47. The van der Waals surface area contributed by atoms with Crippen molar-refractivity contribution in [3.63, 3.8) is 0 Å². The molecule has 1 unspecified atom stereocenters. The van der Waals surface area contributed by atoms with E-state index in [1.807, 2.05) is 0 Å². The molecule has 2 heterocycles. The molecule has 0 radical (unpaired) electrons. The zero-order valence-electron chi connectivity index (χ0n) is 10.4. The number of hydrogen-bond donors (Lipinski definition) is 3. The monoisotopic (exact) mass is 272 g/mol. The van der Waals surface area contributed by atoms with E-state index in [1.54, 1.807) is 0 Å². The highest BCUT2D eigenvalue weighted by Crippen LogP contribution is 2.38. The Hall–Kier alpha value is -0.790. The smallest absolute Gasteiger partial charge is 0.193 e. The summed E-state index contributed by atoms with van der Waals surface area (Å²) < 4.78 is 11.3. The normalized spacial score (nSPS) is 26.8. The van der Waals surface area contributed by atoms with Gasteiger partial charge in [0.1, 0.15) is 0 Å². The molecular weight excluding hydrogens is 252 g/mol. The molecule has 0 amide bonds. The number of aliphatic imine (C=N–C) groups is 1. The molecule has 0 saturated carbocycles. The number of guanidine groups is 1. The van der Waals surface area contributed by atoms with Crippen molar-refractivity contribution in [2.45, 2.75) is 36.5 Å². The van der Waals surface area contributed by atoms with Crippen LogP contribution >= 0.6 is 11.8 Å². The van der Waals surface area contributed by atoms with Crippen LogP contribution in [0.3, 0.4) is 0 Å². The minimum Gasteiger partial charge on any atom is -0.381 e. The number of amidine groups is 1. The highest BCUT2D eigenvalue weighted by Gasteiger charge is 2.39. The predicted molar refractivity (Wildman–Crippen MR) is 72.9 cm³/mol. The molecule has 6 nitrogen and oxygen atoms in total. The fraction of sp³-hybridized carbons (Fsp3) is 0.818. The maximum absolute atomic E-state index is 7.71. The minimum atomic E-state index is -0.0552. The molecule has 5 N–H and O–H groups in total. The van der Waals surface area contributed by atoms with Crippen LogP contribution in [0.4, 0.5) is 0 Å². The standard InChI is InChI=1S/C11H20N4O2S/c12-9(13)15-10(14)18-8-1-4-17-11(7-8)2-5-16-6-3-11/h8H,1-7H2,(H5,12,13,14,15). The van der Waals surface area contributed by atoms with Crippen LogP contribution in [-0.4, -0.2) is 41.8 Å². The van der Waals surface area contributed by atoms with Crippen molar-refractivity contribution >= 4 is 22.9 Å². The van der Waals surface area contributed by atoms with Crippen molar-refractivity contribution in [1.82, 2.24) is 0 Å². The number of hydrogen-bond acceptors (Lipinski definition) is 4. The van der Waals surface area contributed by atoms with Gasteiger partial charge in [0, 0.05) is 25.1 Å². The van der Waals surface area contributed by atoms with E-state index in [0.29, 0.717) is 5.25 Å². The first-order valence-electron chi connectivity index (χ1n) is 6.16. The average Bonchev–Trinajstić information content (AvgIpc) is 2.28. The Balaban J connectivity index is 1.90. The molecule has 102 valence electrons. The molecule has 18 heavy (non-hydrogen) atoms. The third kappa shape index (κ3) is 3.60. The number of nitrogens with one attached hydrogen (secondary N) is 1. The van der Waals surface area contributed by atoms with Gasteiger partial charge in [-0.2, -0.15) is 4.99 Å². The van der Waals surface area contributed by atoms with Gasteiger partial charge in [-0.1, -0.05) is 11.8 Å². The van der Waals surface area contributed by atoms with Gasteiger partial charge >= 0.3 is 0 Å². The molecular formula is C11H20N4O2S. The van der Waals surface area contributed by atoms with Crippen LogP contribution in [0.5, 0.6) is 0 Å². The summed E-state index contributed by atoms with van der Waals surface area (Å²) in [5.74, 6) is -0.0552. The van der Waals surface area contributed by atoms with E-state index in [-0.39, 0.29) is 16.7 Å². The lowest BCUT2D eigenvalue weighted by atomic mass is 9.86. The number of thioether (sulfide) groups is 1. The predicted octanol–water partition coefficient (Wildman–Crippen LogP) is 0.656. The first kappa shape index (κ1) is 13.6. The van der Waals surface area contributed by atoms with Crippen molar-refractivity contribution in [3.05, 3.63) is 0 Å².